The van der Waals surface area contributed by atoms with Crippen LogP contribution in [0.15, 0.2) is 28.7 Å². The lowest BCUT2D eigenvalue weighted by Crippen LogP contribution is -2.51. The maximum absolute atomic E-state index is 12.2. The molecule has 2 N–H and O–H groups in total. The topological polar surface area (TPSA) is 66.4 Å². The average Bonchev–Trinajstić information content (AvgIpc) is 2.27. The third kappa shape index (κ3) is 4.06. The Hall–Kier alpha value is -1.36. The molecule has 0 spiro atoms. The quantitative estimate of drug-likeness (QED) is 0.873. The Balaban J connectivity index is 2.95. The molecule has 0 aliphatic heterocycles. The number of nitrogens with one attached hydrogen (secondary N) is 1. The Morgan fingerprint density at radius 3 is 2.42 bits per heavy atom. The highest BCUT2D eigenvalue weighted by Gasteiger charge is 2.33. The Labute approximate surface area is 121 Å². The van der Waals surface area contributed by atoms with Crippen molar-refractivity contribution in [2.75, 3.05) is 0 Å². The van der Waals surface area contributed by atoms with Crippen LogP contribution in [0.3, 0.4) is 0 Å². The van der Waals surface area contributed by atoms with Crippen molar-refractivity contribution in [1.29, 1.82) is 0 Å². The highest BCUT2D eigenvalue weighted by molar-refractivity contribution is 9.10. The minimum absolute atomic E-state index is 0.00929. The number of amides is 1. The highest BCUT2D eigenvalue weighted by Crippen LogP contribution is 2.23. The van der Waals surface area contributed by atoms with Crippen molar-refractivity contribution in [3.63, 3.8) is 0 Å². The Morgan fingerprint density at radius 2 is 1.95 bits per heavy atom. The molecule has 0 saturated heterocycles. The molecule has 19 heavy (non-hydrogen) atoms. The van der Waals surface area contributed by atoms with E-state index in [1.54, 1.807) is 25.1 Å². The molecule has 1 unspecified atom stereocenters. The molecule has 0 radical (unpaired) electrons. The molecule has 104 valence electrons. The molecular formula is C14H18BrNO3. The van der Waals surface area contributed by atoms with Crippen molar-refractivity contribution < 1.29 is 14.7 Å². The summed E-state index contributed by atoms with van der Waals surface area (Å²) in [5.74, 6) is -1.19. The average molecular weight is 328 g/mol. The summed E-state index contributed by atoms with van der Waals surface area (Å²) in [4.78, 5) is 23.2. The first-order valence-corrected chi connectivity index (χ1v) is 6.84. The molecule has 0 fully saturated rings. The van der Waals surface area contributed by atoms with E-state index in [1.807, 2.05) is 19.9 Å². The van der Waals surface area contributed by atoms with Gasteiger partial charge in [-0.2, -0.15) is 0 Å². The van der Waals surface area contributed by atoms with E-state index in [0.717, 1.165) is 0 Å². The van der Waals surface area contributed by atoms with Gasteiger partial charge in [0.2, 0.25) is 0 Å². The van der Waals surface area contributed by atoms with Crippen molar-refractivity contribution in [3.05, 3.63) is 34.3 Å². The summed E-state index contributed by atoms with van der Waals surface area (Å²) in [7, 11) is 0. The fourth-order valence-electron chi connectivity index (χ4n) is 1.68. The minimum Gasteiger partial charge on any atom is -0.481 e. The molecule has 1 aromatic carbocycles. The normalized spacial score (nSPS) is 13.9. The van der Waals surface area contributed by atoms with Gasteiger partial charge in [0.05, 0.1) is 17.5 Å². The third-order valence-electron chi connectivity index (χ3n) is 3.31. The van der Waals surface area contributed by atoms with E-state index in [1.165, 1.54) is 0 Å². The smallest absolute Gasteiger partial charge is 0.305 e. The van der Waals surface area contributed by atoms with Crippen molar-refractivity contribution >= 4 is 27.8 Å². The number of carbonyl (C=O) groups is 2. The van der Waals surface area contributed by atoms with Gasteiger partial charge in [0, 0.05) is 4.47 Å². The van der Waals surface area contributed by atoms with Crippen LogP contribution in [0.5, 0.6) is 0 Å². The van der Waals surface area contributed by atoms with E-state index in [0.29, 0.717) is 10.0 Å². The Kier molecular flexibility index (Phi) is 5.11. The second-order valence-electron chi connectivity index (χ2n) is 5.08. The minimum atomic E-state index is -0.927. The van der Waals surface area contributed by atoms with Crippen LogP contribution in [0.2, 0.25) is 0 Å². The highest BCUT2D eigenvalue weighted by atomic mass is 79.9. The van der Waals surface area contributed by atoms with Gasteiger partial charge in [-0.3, -0.25) is 9.59 Å². The zero-order chi connectivity index (χ0) is 14.6. The largest absolute Gasteiger partial charge is 0.481 e. The Morgan fingerprint density at radius 1 is 1.37 bits per heavy atom. The summed E-state index contributed by atoms with van der Waals surface area (Å²) in [6, 6.07) is 7.06. The number of halogens is 1. The number of hydrogen-bond donors (Lipinski definition) is 2. The molecule has 5 heteroatoms. The van der Waals surface area contributed by atoms with Gasteiger partial charge in [-0.25, -0.2) is 0 Å². The fraction of sp³-hybridized carbons (Fsp3) is 0.429. The lowest BCUT2D eigenvalue weighted by molar-refractivity contribution is -0.138. The summed E-state index contributed by atoms with van der Waals surface area (Å²) in [5.41, 5.74) is -0.280. The molecule has 1 rings (SSSR count). The van der Waals surface area contributed by atoms with E-state index in [2.05, 4.69) is 21.2 Å². The zero-order valence-corrected chi connectivity index (χ0v) is 12.8. The molecule has 1 atom stereocenters. The lowest BCUT2D eigenvalue weighted by atomic mass is 9.85. The number of aliphatic carboxylic acids is 1. The van der Waals surface area contributed by atoms with Gasteiger partial charge in [0.1, 0.15) is 0 Å². The van der Waals surface area contributed by atoms with Crippen LogP contribution in [0.1, 0.15) is 37.6 Å². The molecule has 1 aromatic rings. The first-order valence-electron chi connectivity index (χ1n) is 6.05. The number of benzene rings is 1. The molecule has 0 aliphatic rings. The maximum Gasteiger partial charge on any atom is 0.305 e. The van der Waals surface area contributed by atoms with E-state index in [4.69, 9.17) is 5.11 Å². The maximum atomic E-state index is 12.2. The molecule has 0 aromatic heterocycles. The molecule has 0 saturated carbocycles. The third-order valence-corrected chi connectivity index (χ3v) is 4.00. The predicted molar refractivity (Wildman–Crippen MR) is 77.1 cm³/mol. The number of carboxylic acids is 1. The molecule has 0 aliphatic carbocycles. The van der Waals surface area contributed by atoms with Crippen LogP contribution >= 0.6 is 15.9 Å². The second-order valence-corrected chi connectivity index (χ2v) is 5.93. The van der Waals surface area contributed by atoms with Gasteiger partial charge < -0.3 is 10.4 Å². The van der Waals surface area contributed by atoms with Crippen molar-refractivity contribution in [2.24, 2.45) is 5.92 Å². The van der Waals surface area contributed by atoms with Gasteiger partial charge in [-0.1, -0.05) is 26.0 Å². The summed E-state index contributed by atoms with van der Waals surface area (Å²) >= 11 is 3.32. The van der Waals surface area contributed by atoms with Gasteiger partial charge in [0.25, 0.3) is 5.91 Å². The van der Waals surface area contributed by atoms with Gasteiger partial charge in [0.15, 0.2) is 0 Å². The van der Waals surface area contributed by atoms with E-state index in [-0.39, 0.29) is 18.2 Å². The van der Waals surface area contributed by atoms with Crippen molar-refractivity contribution in [2.45, 2.75) is 32.7 Å². The standard InChI is InChI=1S/C14H18BrNO3/c1-9(2)14(3,8-12(17)18)16-13(19)10-6-4-5-7-11(10)15/h4-7,9H,8H2,1-3H3,(H,16,19)(H,17,18). The first kappa shape index (κ1) is 15.7. The number of carboxylic acid groups (broad SMARTS) is 1. The zero-order valence-electron chi connectivity index (χ0n) is 11.2. The predicted octanol–water partition coefficient (Wildman–Crippen LogP) is 3.07. The van der Waals surface area contributed by atoms with Crippen LogP contribution < -0.4 is 5.32 Å². The van der Waals surface area contributed by atoms with Crippen molar-refractivity contribution in [3.8, 4) is 0 Å². The summed E-state index contributed by atoms with van der Waals surface area (Å²) in [5, 5.41) is 11.8. The van der Waals surface area contributed by atoms with Crippen LogP contribution in [-0.4, -0.2) is 22.5 Å². The number of carbonyl (C=O) groups excluding carboxylic acids is 1. The summed E-state index contributed by atoms with van der Waals surface area (Å²) in [6.45, 7) is 5.53. The molecule has 0 heterocycles. The van der Waals surface area contributed by atoms with Gasteiger partial charge >= 0.3 is 5.97 Å². The number of rotatable bonds is 5. The molecular weight excluding hydrogens is 310 g/mol. The van der Waals surface area contributed by atoms with E-state index in [9.17, 15) is 9.59 Å². The van der Waals surface area contributed by atoms with Gasteiger partial charge in [-0.05, 0) is 40.9 Å². The SMILES string of the molecule is CC(C)C(C)(CC(=O)O)NC(=O)c1ccccc1Br. The fourth-order valence-corrected chi connectivity index (χ4v) is 2.14. The van der Waals surface area contributed by atoms with E-state index >= 15 is 0 Å². The summed E-state index contributed by atoms with van der Waals surface area (Å²) in [6.07, 6.45) is -0.110. The molecule has 4 nitrogen and oxygen atoms in total. The Bertz CT molecular complexity index is 487. The second kappa shape index (κ2) is 6.19. The van der Waals surface area contributed by atoms with Crippen molar-refractivity contribution in [1.82, 2.24) is 5.32 Å². The van der Waals surface area contributed by atoms with Crippen LogP contribution in [0, 0.1) is 5.92 Å². The van der Waals surface area contributed by atoms with Gasteiger partial charge in [-0.15, -0.1) is 0 Å². The lowest BCUT2D eigenvalue weighted by Gasteiger charge is -2.33. The van der Waals surface area contributed by atoms with E-state index < -0.39 is 11.5 Å². The number of hydrogen-bond acceptors (Lipinski definition) is 2. The molecule has 1 amide bonds. The van der Waals surface area contributed by atoms with Crippen LogP contribution in [-0.2, 0) is 4.79 Å². The molecule has 0 bridgehead atoms. The monoisotopic (exact) mass is 327 g/mol. The first-order chi connectivity index (χ1) is 8.76. The van der Waals surface area contributed by atoms with Crippen LogP contribution in [0.25, 0.3) is 0 Å². The summed E-state index contributed by atoms with van der Waals surface area (Å²) < 4.78 is 0.689. The van der Waals surface area contributed by atoms with Crippen LogP contribution in [0.4, 0.5) is 0 Å².